The second kappa shape index (κ2) is 14.2. The van der Waals surface area contributed by atoms with Crippen molar-refractivity contribution in [2.45, 2.75) is 85.4 Å². The number of nitrogens with zero attached hydrogens (tertiary/aromatic N) is 5. The highest BCUT2D eigenvalue weighted by molar-refractivity contribution is 5.98. The lowest BCUT2D eigenvalue weighted by molar-refractivity contribution is -0.108. The molecule has 3 aliphatic carbocycles. The summed E-state index contributed by atoms with van der Waals surface area (Å²) in [5.41, 5.74) is 1.99. The molecule has 11 heteroatoms. The van der Waals surface area contributed by atoms with Crippen LogP contribution >= 0.6 is 0 Å². The van der Waals surface area contributed by atoms with Crippen molar-refractivity contribution in [2.75, 3.05) is 45.2 Å². The third kappa shape index (κ3) is 6.98. The Morgan fingerprint density at radius 1 is 1.10 bits per heavy atom. The molecule has 1 aromatic heterocycles. The first-order valence-corrected chi connectivity index (χ1v) is 19.0. The molecule has 0 spiro atoms. The average molecular weight is 699 g/mol. The second-order valence-corrected chi connectivity index (χ2v) is 16.3. The minimum absolute atomic E-state index is 0.198. The number of aliphatic imine (C=N–C) groups is 1. The first-order chi connectivity index (χ1) is 24.4. The molecule has 3 N–H and O–H groups in total. The Balaban J connectivity index is 1.22. The predicted molar refractivity (Wildman–Crippen MR) is 203 cm³/mol. The van der Waals surface area contributed by atoms with Crippen LogP contribution in [0.5, 0.6) is 5.75 Å². The minimum Gasteiger partial charge on any atom is -0.497 e. The number of guanidine groups is 1. The van der Waals surface area contributed by atoms with Crippen molar-refractivity contribution in [1.82, 2.24) is 24.7 Å². The zero-order valence-electron chi connectivity index (χ0n) is 31.1. The van der Waals surface area contributed by atoms with E-state index in [2.05, 4.69) is 50.2 Å². The van der Waals surface area contributed by atoms with Crippen LogP contribution in [0, 0.1) is 40.3 Å². The van der Waals surface area contributed by atoms with Gasteiger partial charge in [-0.3, -0.25) is 14.8 Å². The average Bonchev–Trinajstić information content (AvgIpc) is 3.11. The number of benzene rings is 2. The number of halogens is 1. The summed E-state index contributed by atoms with van der Waals surface area (Å²) in [6.45, 7) is 15.9. The summed E-state index contributed by atoms with van der Waals surface area (Å²) in [4.78, 5) is 29.1. The maximum atomic E-state index is 15.0. The number of anilines is 1. The minimum atomic E-state index is -0.381. The van der Waals surface area contributed by atoms with E-state index in [0.29, 0.717) is 63.2 Å². The number of hydrogen-bond acceptors (Lipinski definition) is 6. The number of hydrogen-bond donors (Lipinski definition) is 3. The number of amidine groups is 1. The molecule has 5 aliphatic rings. The molecule has 0 radical (unpaired) electrons. The highest BCUT2D eigenvalue weighted by Gasteiger charge is 2.56. The third-order valence-corrected chi connectivity index (χ3v) is 12.7. The fourth-order valence-corrected chi connectivity index (χ4v) is 9.05. The molecule has 51 heavy (non-hydrogen) atoms. The Kier molecular flexibility index (Phi) is 9.86. The lowest BCUT2D eigenvalue weighted by Gasteiger charge is -2.61. The van der Waals surface area contributed by atoms with Crippen LogP contribution in [0.2, 0.25) is 0 Å². The highest BCUT2D eigenvalue weighted by atomic mass is 19.1. The van der Waals surface area contributed by atoms with Crippen LogP contribution in [0.1, 0.15) is 71.7 Å². The molecule has 2 saturated heterocycles. The van der Waals surface area contributed by atoms with Crippen LogP contribution < -0.4 is 20.9 Å². The predicted octanol–water partition coefficient (Wildman–Crippen LogP) is 5.98. The van der Waals surface area contributed by atoms with E-state index >= 15 is 0 Å². The summed E-state index contributed by atoms with van der Waals surface area (Å²) >= 11 is 0. The van der Waals surface area contributed by atoms with Gasteiger partial charge in [-0.25, -0.2) is 14.4 Å². The summed E-state index contributed by atoms with van der Waals surface area (Å²) in [6, 6.07) is 11.1. The van der Waals surface area contributed by atoms with Crippen molar-refractivity contribution in [3.05, 3.63) is 64.0 Å². The van der Waals surface area contributed by atoms with Crippen molar-refractivity contribution in [2.24, 2.45) is 34.1 Å². The van der Waals surface area contributed by atoms with E-state index in [0.717, 1.165) is 63.6 Å². The number of methoxy groups -OCH3 is 1. The van der Waals surface area contributed by atoms with Gasteiger partial charge in [-0.15, -0.1) is 0 Å². The molecule has 8 rings (SSSR count). The Bertz CT molecular complexity index is 1860. The van der Waals surface area contributed by atoms with Gasteiger partial charge in [0, 0.05) is 57.1 Å². The van der Waals surface area contributed by atoms with Crippen LogP contribution in [0.3, 0.4) is 0 Å². The molecular formula is C40H55FN8O2. The SMILES string of the molecule is COc1ccc(CCn2c(C(=N)N3CCC(C)CC3)nc3cc(NC(=N[C@H]4C[C@H]5C[C@H]([C@@H]4C)C5(C)C)N4CCN[C@@H](C)C4)ccc3c2=O)c(F)c1. The van der Waals surface area contributed by atoms with Crippen LogP contribution in [-0.2, 0) is 13.0 Å². The van der Waals surface area contributed by atoms with Crippen LogP contribution in [0.15, 0.2) is 46.2 Å². The fraction of sp³-hybridized carbons (Fsp3) is 0.600. The molecule has 5 fully saturated rings. The van der Waals surface area contributed by atoms with Gasteiger partial charge in [0.25, 0.3) is 5.56 Å². The molecule has 2 aromatic carbocycles. The normalized spacial score (nSPS) is 26.6. The molecule has 2 aliphatic heterocycles. The highest BCUT2D eigenvalue weighted by Crippen LogP contribution is 2.61. The van der Waals surface area contributed by atoms with Crippen molar-refractivity contribution < 1.29 is 9.13 Å². The summed E-state index contributed by atoms with van der Waals surface area (Å²) in [5, 5.41) is 17.0. The molecule has 10 nitrogen and oxygen atoms in total. The van der Waals surface area contributed by atoms with Crippen molar-refractivity contribution >= 4 is 28.4 Å². The maximum absolute atomic E-state index is 15.0. The van der Waals surface area contributed by atoms with Gasteiger partial charge in [0.05, 0.1) is 24.1 Å². The van der Waals surface area contributed by atoms with Gasteiger partial charge in [-0.2, -0.15) is 0 Å². The van der Waals surface area contributed by atoms with Crippen LogP contribution in [0.25, 0.3) is 10.9 Å². The largest absolute Gasteiger partial charge is 0.497 e. The van der Waals surface area contributed by atoms with Crippen molar-refractivity contribution in [1.29, 1.82) is 5.41 Å². The molecule has 3 saturated carbocycles. The summed E-state index contributed by atoms with van der Waals surface area (Å²) in [6.07, 6.45) is 4.66. The number of piperidine rings is 1. The lowest BCUT2D eigenvalue weighted by atomic mass is 9.45. The van der Waals surface area contributed by atoms with E-state index in [-0.39, 0.29) is 36.2 Å². The summed E-state index contributed by atoms with van der Waals surface area (Å²) in [7, 11) is 1.51. The lowest BCUT2D eigenvalue weighted by Crippen LogP contribution is -2.57. The Morgan fingerprint density at radius 3 is 2.57 bits per heavy atom. The van der Waals surface area contributed by atoms with Gasteiger partial charge in [0.15, 0.2) is 17.6 Å². The second-order valence-electron chi connectivity index (χ2n) is 16.3. The monoisotopic (exact) mass is 698 g/mol. The van der Waals surface area contributed by atoms with E-state index in [1.807, 2.05) is 23.1 Å². The molecule has 3 heterocycles. The van der Waals surface area contributed by atoms with Gasteiger partial charge in [0.1, 0.15) is 11.6 Å². The zero-order valence-corrected chi connectivity index (χ0v) is 31.1. The number of nitrogens with one attached hydrogen (secondary N) is 3. The number of rotatable bonds is 7. The molecular weight excluding hydrogens is 643 g/mol. The van der Waals surface area contributed by atoms with E-state index < -0.39 is 0 Å². The Labute approximate surface area is 301 Å². The molecule has 5 atom stereocenters. The standard InChI is InChI=1S/C40H55FN8O2/c1-24-11-15-47(16-12-24)36(42)37-45-35-21-29(8-10-31(35)38(50)49(37)17-13-27-7-9-30(51-6)22-33(27)41)44-39(48-18-14-43-25(2)23-48)46-34-20-28-19-32(26(34)3)40(28,4)5/h7-10,21-22,24-26,28,32,34,42-43H,11-20,23H2,1-6H3,(H,44,46)/t25-,26-,28+,32+,34-/m0/s1. The number of fused-ring (bicyclic) bond motifs is 3. The van der Waals surface area contributed by atoms with Crippen molar-refractivity contribution in [3.63, 3.8) is 0 Å². The first kappa shape index (κ1) is 35.4. The first-order valence-electron chi connectivity index (χ1n) is 19.0. The van der Waals surface area contributed by atoms with E-state index in [1.54, 1.807) is 16.7 Å². The number of likely N-dealkylation sites (tertiary alicyclic amines) is 1. The Morgan fingerprint density at radius 2 is 1.88 bits per heavy atom. The fourth-order valence-electron chi connectivity index (χ4n) is 9.05. The molecule has 0 unspecified atom stereocenters. The number of ether oxygens (including phenoxy) is 1. The number of aromatic nitrogens is 2. The molecule has 2 bridgehead atoms. The van der Waals surface area contributed by atoms with E-state index in [1.165, 1.54) is 19.6 Å². The summed E-state index contributed by atoms with van der Waals surface area (Å²) in [5.74, 6) is 4.00. The molecule has 3 aromatic rings. The summed E-state index contributed by atoms with van der Waals surface area (Å²) < 4.78 is 21.7. The number of piperazine rings is 1. The van der Waals surface area contributed by atoms with Crippen LogP contribution in [0.4, 0.5) is 10.1 Å². The van der Waals surface area contributed by atoms with Gasteiger partial charge >= 0.3 is 0 Å². The molecule has 0 amide bonds. The zero-order chi connectivity index (χ0) is 36.0. The van der Waals surface area contributed by atoms with Gasteiger partial charge < -0.3 is 25.2 Å². The quantitative estimate of drug-likeness (QED) is 0.206. The van der Waals surface area contributed by atoms with E-state index in [9.17, 15) is 14.6 Å². The van der Waals surface area contributed by atoms with Gasteiger partial charge in [-0.05, 0) is 97.9 Å². The topological polar surface area (TPSA) is 111 Å². The number of aryl methyl sites for hydroxylation is 1. The van der Waals surface area contributed by atoms with Gasteiger partial charge in [0.2, 0.25) is 0 Å². The molecule has 274 valence electrons. The smallest absolute Gasteiger partial charge is 0.261 e. The van der Waals surface area contributed by atoms with E-state index in [4.69, 9.17) is 14.7 Å². The van der Waals surface area contributed by atoms with Gasteiger partial charge in [-0.1, -0.05) is 33.8 Å². The maximum Gasteiger partial charge on any atom is 0.261 e. The van der Waals surface area contributed by atoms with Crippen LogP contribution in [-0.4, -0.2) is 83.1 Å². The van der Waals surface area contributed by atoms with Crippen molar-refractivity contribution in [3.8, 4) is 5.75 Å². The Hall–Kier alpha value is -3.99. The third-order valence-electron chi connectivity index (χ3n) is 12.7.